The summed E-state index contributed by atoms with van der Waals surface area (Å²) in [5, 5.41) is 3.19. The van der Waals surface area contributed by atoms with Crippen molar-refractivity contribution < 1.29 is 4.21 Å². The maximum absolute atomic E-state index is 10.9. The van der Waals surface area contributed by atoms with Gasteiger partial charge >= 0.3 is 0 Å². The topological polar surface area (TPSA) is 46.9 Å². The van der Waals surface area contributed by atoms with Crippen LogP contribution >= 0.6 is 0 Å². The summed E-state index contributed by atoms with van der Waals surface area (Å²) in [5.41, 5.74) is 0. The van der Waals surface area contributed by atoms with Gasteiger partial charge in [0.2, 0.25) is 5.95 Å². The number of aryl methyl sites for hydroxylation is 1. The van der Waals surface area contributed by atoms with Gasteiger partial charge in [-0.15, -0.1) is 0 Å². The number of anilines is 1. The van der Waals surface area contributed by atoms with Crippen LogP contribution in [0.2, 0.25) is 0 Å². The van der Waals surface area contributed by atoms with Gasteiger partial charge in [0.05, 0.1) is 0 Å². The molecule has 0 aliphatic rings. The summed E-state index contributed by atoms with van der Waals surface area (Å²) in [6, 6.07) is 0. The van der Waals surface area contributed by atoms with Crippen LogP contribution in [-0.4, -0.2) is 32.3 Å². The number of unbranched alkanes of at least 4 members (excludes halogenated alkanes) is 1. The van der Waals surface area contributed by atoms with Crippen LogP contribution in [0.3, 0.4) is 0 Å². The molecule has 1 rings (SSSR count). The molecule has 0 saturated heterocycles. The molecular formula is C10H19N3OS. The van der Waals surface area contributed by atoms with Crippen LogP contribution in [0.5, 0.6) is 0 Å². The molecule has 0 radical (unpaired) electrons. The van der Waals surface area contributed by atoms with Gasteiger partial charge in [0.1, 0.15) is 0 Å². The second-order valence-electron chi connectivity index (χ2n) is 3.50. The Morgan fingerprint density at radius 2 is 2.40 bits per heavy atom. The molecule has 1 atom stereocenters. The average Bonchev–Trinajstić information content (AvgIpc) is 2.62. The largest absolute Gasteiger partial charge is 0.355 e. The van der Waals surface area contributed by atoms with Crippen molar-refractivity contribution in [3.8, 4) is 0 Å². The van der Waals surface area contributed by atoms with Gasteiger partial charge in [0.25, 0.3) is 0 Å². The number of imidazole rings is 1. The van der Waals surface area contributed by atoms with Crippen molar-refractivity contribution in [2.24, 2.45) is 0 Å². The van der Waals surface area contributed by atoms with Gasteiger partial charge in [-0.3, -0.25) is 4.21 Å². The van der Waals surface area contributed by atoms with Crippen molar-refractivity contribution in [1.29, 1.82) is 0 Å². The van der Waals surface area contributed by atoms with Gasteiger partial charge in [-0.1, -0.05) is 13.3 Å². The van der Waals surface area contributed by atoms with Crippen molar-refractivity contribution in [3.05, 3.63) is 12.4 Å². The molecule has 0 bridgehead atoms. The van der Waals surface area contributed by atoms with E-state index >= 15 is 0 Å². The van der Waals surface area contributed by atoms with Crippen molar-refractivity contribution in [2.75, 3.05) is 23.9 Å². The van der Waals surface area contributed by atoms with Crippen molar-refractivity contribution in [3.63, 3.8) is 0 Å². The molecule has 15 heavy (non-hydrogen) atoms. The van der Waals surface area contributed by atoms with E-state index in [1.165, 1.54) is 6.42 Å². The first-order valence-electron chi connectivity index (χ1n) is 5.29. The summed E-state index contributed by atoms with van der Waals surface area (Å²) >= 11 is 0. The van der Waals surface area contributed by atoms with E-state index in [1.54, 1.807) is 12.5 Å². The molecule has 86 valence electrons. The van der Waals surface area contributed by atoms with E-state index in [4.69, 9.17) is 0 Å². The molecule has 4 nitrogen and oxygen atoms in total. The van der Waals surface area contributed by atoms with E-state index in [1.807, 2.05) is 6.20 Å². The third-order valence-electron chi connectivity index (χ3n) is 2.14. The Morgan fingerprint density at radius 1 is 1.60 bits per heavy atom. The summed E-state index contributed by atoms with van der Waals surface area (Å²) < 4.78 is 13.0. The predicted molar refractivity (Wildman–Crippen MR) is 64.6 cm³/mol. The highest BCUT2D eigenvalue weighted by atomic mass is 32.2. The number of aromatic nitrogens is 2. The summed E-state index contributed by atoms with van der Waals surface area (Å²) in [4.78, 5) is 4.22. The zero-order valence-corrected chi connectivity index (χ0v) is 10.2. The molecule has 0 aromatic carbocycles. The molecular weight excluding hydrogens is 210 g/mol. The van der Waals surface area contributed by atoms with Gasteiger partial charge in [-0.25, -0.2) is 4.98 Å². The molecule has 1 N–H and O–H groups in total. The third-order valence-corrected chi connectivity index (χ3v) is 2.92. The normalized spacial score (nSPS) is 12.7. The summed E-state index contributed by atoms with van der Waals surface area (Å²) in [6.07, 6.45) is 7.81. The van der Waals surface area contributed by atoms with E-state index in [9.17, 15) is 4.21 Å². The van der Waals surface area contributed by atoms with E-state index in [-0.39, 0.29) is 0 Å². The highest BCUT2D eigenvalue weighted by Crippen LogP contribution is 2.05. The monoisotopic (exact) mass is 229 g/mol. The first-order valence-corrected chi connectivity index (χ1v) is 7.01. The highest BCUT2D eigenvalue weighted by molar-refractivity contribution is 7.84. The fraction of sp³-hybridized carbons (Fsp3) is 0.700. The first-order chi connectivity index (χ1) is 7.24. The highest BCUT2D eigenvalue weighted by Gasteiger charge is 2.01. The zero-order chi connectivity index (χ0) is 11.1. The number of hydrogen-bond donors (Lipinski definition) is 1. The maximum atomic E-state index is 10.9. The molecule has 1 aromatic heterocycles. The van der Waals surface area contributed by atoms with Crippen LogP contribution in [0.15, 0.2) is 12.4 Å². The van der Waals surface area contributed by atoms with Crippen molar-refractivity contribution in [2.45, 2.75) is 26.3 Å². The van der Waals surface area contributed by atoms with Crippen LogP contribution in [0.4, 0.5) is 5.95 Å². The molecule has 0 aliphatic heterocycles. The lowest BCUT2D eigenvalue weighted by molar-refractivity contribution is 0.635. The molecule has 0 fully saturated rings. The molecule has 0 aliphatic carbocycles. The lowest BCUT2D eigenvalue weighted by Crippen LogP contribution is -2.13. The quantitative estimate of drug-likeness (QED) is 0.770. The van der Waals surface area contributed by atoms with Gasteiger partial charge in [0, 0.05) is 48.3 Å². The Morgan fingerprint density at radius 3 is 3.07 bits per heavy atom. The molecule has 0 amide bonds. The van der Waals surface area contributed by atoms with Crippen LogP contribution in [0.1, 0.15) is 19.8 Å². The minimum absolute atomic E-state index is 0.667. The Bertz CT molecular complexity index is 311. The number of hydrogen-bond acceptors (Lipinski definition) is 3. The Balaban J connectivity index is 2.39. The average molecular weight is 229 g/mol. The van der Waals surface area contributed by atoms with Gasteiger partial charge in [-0.2, -0.15) is 0 Å². The maximum Gasteiger partial charge on any atom is 0.202 e. The van der Waals surface area contributed by atoms with E-state index < -0.39 is 10.8 Å². The van der Waals surface area contributed by atoms with E-state index in [0.29, 0.717) is 12.3 Å². The van der Waals surface area contributed by atoms with Crippen molar-refractivity contribution in [1.82, 2.24) is 9.55 Å². The molecule has 1 heterocycles. The minimum Gasteiger partial charge on any atom is -0.355 e. The van der Waals surface area contributed by atoms with Crippen molar-refractivity contribution >= 4 is 16.7 Å². The Labute approximate surface area is 93.5 Å². The van der Waals surface area contributed by atoms with E-state index in [2.05, 4.69) is 21.8 Å². The lowest BCUT2D eigenvalue weighted by Gasteiger charge is -2.08. The molecule has 0 saturated carbocycles. The fourth-order valence-corrected chi connectivity index (χ4v) is 1.68. The van der Waals surface area contributed by atoms with Gasteiger partial charge < -0.3 is 9.88 Å². The van der Waals surface area contributed by atoms with Gasteiger partial charge in [0.15, 0.2) is 0 Å². The van der Waals surface area contributed by atoms with Gasteiger partial charge in [-0.05, 0) is 6.42 Å². The SMILES string of the molecule is CCCCn1ccnc1NCCS(C)=O. The smallest absolute Gasteiger partial charge is 0.202 e. The number of nitrogens with zero attached hydrogens (tertiary/aromatic N) is 2. The predicted octanol–water partition coefficient (Wildman–Crippen LogP) is 1.47. The van der Waals surface area contributed by atoms with Crippen LogP contribution < -0.4 is 5.32 Å². The second-order valence-corrected chi connectivity index (χ2v) is 5.06. The van der Waals surface area contributed by atoms with Crippen LogP contribution in [0, 0.1) is 0 Å². The number of nitrogens with one attached hydrogen (secondary N) is 1. The lowest BCUT2D eigenvalue weighted by atomic mass is 10.3. The number of rotatable bonds is 7. The molecule has 1 unspecified atom stereocenters. The third kappa shape index (κ3) is 4.46. The van der Waals surface area contributed by atoms with Crippen LogP contribution in [0.25, 0.3) is 0 Å². The standard InChI is InChI=1S/C10H19N3OS/c1-3-4-7-13-8-5-11-10(13)12-6-9-15(2)14/h5,8H,3-4,6-7,9H2,1-2H3,(H,11,12). The summed E-state index contributed by atoms with van der Waals surface area (Å²) in [7, 11) is -0.739. The Hall–Kier alpha value is -0.840. The second kappa shape index (κ2) is 6.61. The Kier molecular flexibility index (Phi) is 5.39. The van der Waals surface area contributed by atoms with Crippen LogP contribution in [-0.2, 0) is 17.3 Å². The fourth-order valence-electron chi connectivity index (χ4n) is 1.29. The zero-order valence-electron chi connectivity index (χ0n) is 9.40. The minimum atomic E-state index is -0.739. The molecule has 0 spiro atoms. The van der Waals surface area contributed by atoms with E-state index in [0.717, 1.165) is 18.9 Å². The first kappa shape index (κ1) is 12.2. The summed E-state index contributed by atoms with van der Waals surface area (Å²) in [6.45, 7) is 3.88. The molecule has 1 aromatic rings. The molecule has 5 heteroatoms. The summed E-state index contributed by atoms with van der Waals surface area (Å²) in [5.74, 6) is 1.55.